The third kappa shape index (κ3) is 1.18. The van der Waals surface area contributed by atoms with Gasteiger partial charge in [0.15, 0.2) is 0 Å². The van der Waals surface area contributed by atoms with Crippen LogP contribution >= 0.6 is 0 Å². The van der Waals surface area contributed by atoms with Crippen molar-refractivity contribution in [2.24, 2.45) is 0 Å². The Hall–Kier alpha value is -2.35. The standard InChI is InChI=1S/C15H9NO/c1-2-6-14-11(5-1)12-9-13-10(4-3-7-16-13)8-15(12)17-14/h1-9H. The van der Waals surface area contributed by atoms with Crippen molar-refractivity contribution in [3.05, 3.63) is 54.7 Å². The molecule has 0 unspecified atom stereocenters. The maximum absolute atomic E-state index is 5.83. The SMILES string of the molecule is c1cnc2cc3c(cc2c1)oc1ccccc13. The summed E-state index contributed by atoms with van der Waals surface area (Å²) in [6, 6.07) is 16.2. The number of hydrogen-bond acceptors (Lipinski definition) is 2. The molecule has 0 radical (unpaired) electrons. The fourth-order valence-corrected chi connectivity index (χ4v) is 2.29. The van der Waals surface area contributed by atoms with E-state index in [4.69, 9.17) is 4.42 Å². The Labute approximate surface area is 97.5 Å². The monoisotopic (exact) mass is 219 g/mol. The van der Waals surface area contributed by atoms with Gasteiger partial charge in [-0.3, -0.25) is 4.98 Å². The van der Waals surface area contributed by atoms with Crippen molar-refractivity contribution in [1.29, 1.82) is 0 Å². The molecule has 0 saturated carbocycles. The van der Waals surface area contributed by atoms with Gasteiger partial charge < -0.3 is 4.42 Å². The number of rotatable bonds is 0. The molecule has 0 aliphatic carbocycles. The lowest BCUT2D eigenvalue weighted by Gasteiger charge is -1.95. The second-order valence-electron chi connectivity index (χ2n) is 4.14. The van der Waals surface area contributed by atoms with Crippen molar-refractivity contribution in [3.8, 4) is 0 Å². The van der Waals surface area contributed by atoms with Crippen molar-refractivity contribution in [3.63, 3.8) is 0 Å². The molecule has 0 saturated heterocycles. The molecule has 2 heteroatoms. The van der Waals surface area contributed by atoms with Crippen LogP contribution in [0, 0.1) is 0 Å². The molecule has 0 bridgehead atoms. The molecule has 2 nitrogen and oxygen atoms in total. The van der Waals surface area contributed by atoms with E-state index in [0.29, 0.717) is 0 Å². The lowest BCUT2D eigenvalue weighted by Crippen LogP contribution is -1.76. The Morgan fingerprint density at radius 3 is 2.76 bits per heavy atom. The van der Waals surface area contributed by atoms with E-state index in [0.717, 1.165) is 32.8 Å². The summed E-state index contributed by atoms with van der Waals surface area (Å²) in [5.74, 6) is 0. The van der Waals surface area contributed by atoms with E-state index in [9.17, 15) is 0 Å². The highest BCUT2D eigenvalue weighted by atomic mass is 16.3. The summed E-state index contributed by atoms with van der Waals surface area (Å²) in [6.07, 6.45) is 1.82. The van der Waals surface area contributed by atoms with E-state index in [-0.39, 0.29) is 0 Å². The summed E-state index contributed by atoms with van der Waals surface area (Å²) < 4.78 is 5.83. The van der Waals surface area contributed by atoms with E-state index in [2.05, 4.69) is 29.2 Å². The van der Waals surface area contributed by atoms with Gasteiger partial charge >= 0.3 is 0 Å². The van der Waals surface area contributed by atoms with Crippen LogP contribution in [0.2, 0.25) is 0 Å². The summed E-state index contributed by atoms with van der Waals surface area (Å²) >= 11 is 0. The van der Waals surface area contributed by atoms with Gasteiger partial charge in [0.05, 0.1) is 5.52 Å². The first kappa shape index (κ1) is 8.76. The first-order valence-corrected chi connectivity index (χ1v) is 5.58. The Kier molecular flexibility index (Phi) is 1.59. The minimum atomic E-state index is 0.923. The Bertz CT molecular complexity index is 839. The first-order chi connectivity index (χ1) is 8.42. The molecule has 2 heterocycles. The van der Waals surface area contributed by atoms with E-state index in [1.165, 1.54) is 0 Å². The Morgan fingerprint density at radius 2 is 1.76 bits per heavy atom. The zero-order valence-electron chi connectivity index (χ0n) is 9.05. The topological polar surface area (TPSA) is 26.0 Å². The average molecular weight is 219 g/mol. The lowest BCUT2D eigenvalue weighted by molar-refractivity contribution is 0.669. The number of aromatic nitrogens is 1. The fraction of sp³-hybridized carbons (Fsp3) is 0. The lowest BCUT2D eigenvalue weighted by atomic mass is 10.1. The van der Waals surface area contributed by atoms with Crippen molar-refractivity contribution >= 4 is 32.8 Å². The van der Waals surface area contributed by atoms with Crippen LogP contribution in [0.3, 0.4) is 0 Å². The second kappa shape index (κ2) is 3.08. The molecule has 0 fully saturated rings. The fourth-order valence-electron chi connectivity index (χ4n) is 2.29. The highest BCUT2D eigenvalue weighted by Crippen LogP contribution is 2.30. The molecule has 2 aromatic heterocycles. The maximum Gasteiger partial charge on any atom is 0.136 e. The normalized spacial score (nSPS) is 11.5. The third-order valence-corrected chi connectivity index (χ3v) is 3.10. The van der Waals surface area contributed by atoms with Crippen molar-refractivity contribution in [2.75, 3.05) is 0 Å². The summed E-state index contributed by atoms with van der Waals surface area (Å²) in [4.78, 5) is 4.38. The van der Waals surface area contributed by atoms with Gasteiger partial charge in [-0.2, -0.15) is 0 Å². The summed E-state index contributed by atoms with van der Waals surface area (Å²) in [7, 11) is 0. The van der Waals surface area contributed by atoms with Gasteiger partial charge in [0.1, 0.15) is 11.2 Å². The van der Waals surface area contributed by atoms with Gasteiger partial charge in [-0.15, -0.1) is 0 Å². The quantitative estimate of drug-likeness (QED) is 0.444. The molecule has 0 amide bonds. The number of hydrogen-bond donors (Lipinski definition) is 0. The van der Waals surface area contributed by atoms with Crippen LogP contribution < -0.4 is 0 Å². The number of fused-ring (bicyclic) bond motifs is 4. The minimum absolute atomic E-state index is 0.923. The van der Waals surface area contributed by atoms with Crippen molar-refractivity contribution in [2.45, 2.75) is 0 Å². The first-order valence-electron chi connectivity index (χ1n) is 5.58. The van der Waals surface area contributed by atoms with Crippen LogP contribution in [0.5, 0.6) is 0 Å². The molecule has 0 aliphatic rings. The molecule has 0 spiro atoms. The molecule has 4 rings (SSSR count). The zero-order chi connectivity index (χ0) is 11.2. The molecule has 0 aliphatic heterocycles. The molecule has 4 aromatic rings. The molecule has 0 atom stereocenters. The number of benzene rings is 2. The number of nitrogens with zero attached hydrogens (tertiary/aromatic N) is 1. The van der Waals surface area contributed by atoms with Gasteiger partial charge in [-0.25, -0.2) is 0 Å². The summed E-state index contributed by atoms with van der Waals surface area (Å²) in [5, 5.41) is 3.39. The van der Waals surface area contributed by atoms with E-state index in [1.807, 2.05) is 30.5 Å². The number of furan rings is 1. The Balaban J connectivity index is 2.28. The smallest absolute Gasteiger partial charge is 0.136 e. The van der Waals surface area contributed by atoms with Gasteiger partial charge in [-0.1, -0.05) is 24.3 Å². The predicted octanol–water partition coefficient (Wildman–Crippen LogP) is 4.13. The minimum Gasteiger partial charge on any atom is -0.456 e. The molecule has 0 N–H and O–H groups in total. The van der Waals surface area contributed by atoms with Crippen molar-refractivity contribution in [1.82, 2.24) is 4.98 Å². The molecular weight excluding hydrogens is 210 g/mol. The second-order valence-corrected chi connectivity index (χ2v) is 4.14. The molecular formula is C15H9NO. The molecule has 17 heavy (non-hydrogen) atoms. The average Bonchev–Trinajstić information content (AvgIpc) is 2.73. The van der Waals surface area contributed by atoms with Crippen molar-refractivity contribution < 1.29 is 4.42 Å². The van der Waals surface area contributed by atoms with Gasteiger partial charge in [0, 0.05) is 22.4 Å². The maximum atomic E-state index is 5.83. The van der Waals surface area contributed by atoms with E-state index in [1.54, 1.807) is 0 Å². The highest BCUT2D eigenvalue weighted by molar-refractivity contribution is 6.09. The third-order valence-electron chi connectivity index (χ3n) is 3.10. The van der Waals surface area contributed by atoms with E-state index >= 15 is 0 Å². The number of pyridine rings is 1. The van der Waals surface area contributed by atoms with Gasteiger partial charge in [0.2, 0.25) is 0 Å². The van der Waals surface area contributed by atoms with Crippen LogP contribution in [0.15, 0.2) is 59.1 Å². The van der Waals surface area contributed by atoms with Crippen LogP contribution in [0.4, 0.5) is 0 Å². The summed E-state index contributed by atoms with van der Waals surface area (Å²) in [6.45, 7) is 0. The predicted molar refractivity (Wildman–Crippen MR) is 69.0 cm³/mol. The molecule has 80 valence electrons. The molecule has 2 aromatic carbocycles. The van der Waals surface area contributed by atoms with Crippen LogP contribution in [-0.4, -0.2) is 4.98 Å². The van der Waals surface area contributed by atoms with Crippen LogP contribution in [-0.2, 0) is 0 Å². The largest absolute Gasteiger partial charge is 0.456 e. The Morgan fingerprint density at radius 1 is 0.824 bits per heavy atom. The van der Waals surface area contributed by atoms with E-state index < -0.39 is 0 Å². The van der Waals surface area contributed by atoms with Crippen LogP contribution in [0.1, 0.15) is 0 Å². The number of para-hydroxylation sites is 1. The van der Waals surface area contributed by atoms with Gasteiger partial charge in [0.25, 0.3) is 0 Å². The highest BCUT2D eigenvalue weighted by Gasteiger charge is 2.07. The van der Waals surface area contributed by atoms with Crippen LogP contribution in [0.25, 0.3) is 32.8 Å². The van der Waals surface area contributed by atoms with Gasteiger partial charge in [-0.05, 0) is 24.3 Å². The summed E-state index contributed by atoms with van der Waals surface area (Å²) in [5.41, 5.74) is 2.86. The zero-order valence-corrected chi connectivity index (χ0v) is 9.05.